The van der Waals surface area contributed by atoms with E-state index in [-0.39, 0.29) is 11.9 Å². The highest BCUT2D eigenvalue weighted by Gasteiger charge is 2.02. The van der Waals surface area contributed by atoms with Crippen LogP contribution in [0.15, 0.2) is 0 Å². The van der Waals surface area contributed by atoms with E-state index in [1.807, 2.05) is 6.92 Å². The standard InChI is InChI=1S/C5H12N2O.H3O3P/c1-3-7-5(8)4(2)6;1-4(2)3/h4H,3,6H2,1-2H3,(H,7,8);4H,(H2,1,2,3)/t4-;/m0./s1. The van der Waals surface area contributed by atoms with Gasteiger partial charge in [-0.05, 0) is 13.8 Å². The van der Waals surface area contributed by atoms with Crippen LogP contribution in [0.1, 0.15) is 13.8 Å². The van der Waals surface area contributed by atoms with E-state index in [0.717, 1.165) is 0 Å². The van der Waals surface area contributed by atoms with E-state index in [1.165, 1.54) is 0 Å². The van der Waals surface area contributed by atoms with Gasteiger partial charge in [0.05, 0.1) is 6.04 Å². The highest BCUT2D eigenvalue weighted by Crippen LogP contribution is 1.98. The molecule has 0 aromatic carbocycles. The van der Waals surface area contributed by atoms with Gasteiger partial charge in [-0.15, -0.1) is 0 Å². The second-order valence-corrected chi connectivity index (χ2v) is 2.53. The number of carbonyl (C=O) groups is 1. The fourth-order valence-corrected chi connectivity index (χ4v) is 0.335. The van der Waals surface area contributed by atoms with Gasteiger partial charge in [-0.25, -0.2) is 0 Å². The molecule has 1 amide bonds. The zero-order chi connectivity index (χ0) is 10.1. The average Bonchev–Trinajstić information content (AvgIpc) is 1.86. The molecule has 0 aliphatic rings. The zero-order valence-corrected chi connectivity index (χ0v) is 8.07. The molecule has 6 nitrogen and oxygen atoms in total. The van der Waals surface area contributed by atoms with Crippen molar-refractivity contribution in [2.45, 2.75) is 19.9 Å². The van der Waals surface area contributed by atoms with Crippen molar-refractivity contribution in [2.75, 3.05) is 6.54 Å². The Bertz CT molecular complexity index is 146. The summed E-state index contributed by atoms with van der Waals surface area (Å²) in [6, 6.07) is -0.380. The summed E-state index contributed by atoms with van der Waals surface area (Å²) in [4.78, 5) is 24.8. The summed E-state index contributed by atoms with van der Waals surface area (Å²) in [7, 11) is -3.13. The highest BCUT2D eigenvalue weighted by atomic mass is 31.1. The van der Waals surface area contributed by atoms with Crippen LogP contribution in [0.4, 0.5) is 0 Å². The van der Waals surface area contributed by atoms with Crippen molar-refractivity contribution in [3.63, 3.8) is 0 Å². The molecule has 0 aliphatic carbocycles. The minimum atomic E-state index is -3.13. The topological polar surface area (TPSA) is 113 Å². The van der Waals surface area contributed by atoms with Crippen molar-refractivity contribution in [3.8, 4) is 0 Å². The van der Waals surface area contributed by atoms with Gasteiger partial charge in [-0.3, -0.25) is 9.36 Å². The third-order valence-corrected chi connectivity index (χ3v) is 0.765. The van der Waals surface area contributed by atoms with Gasteiger partial charge in [0.2, 0.25) is 5.91 Å². The lowest BCUT2D eigenvalue weighted by Gasteiger charge is -2.02. The Morgan fingerprint density at radius 2 is 2.00 bits per heavy atom. The van der Waals surface area contributed by atoms with Gasteiger partial charge in [0, 0.05) is 6.54 Å². The third-order valence-electron chi connectivity index (χ3n) is 0.765. The Kier molecular flexibility index (Phi) is 10.2. The molecule has 0 saturated heterocycles. The molecule has 0 heterocycles. The lowest BCUT2D eigenvalue weighted by Crippen LogP contribution is -2.37. The first-order valence-electron chi connectivity index (χ1n) is 3.37. The second kappa shape index (κ2) is 8.67. The molecule has 0 radical (unpaired) electrons. The summed E-state index contributed by atoms with van der Waals surface area (Å²) in [5, 5.41) is 2.58. The van der Waals surface area contributed by atoms with E-state index in [0.29, 0.717) is 6.54 Å². The average molecular weight is 198 g/mol. The van der Waals surface area contributed by atoms with Crippen molar-refractivity contribution in [1.29, 1.82) is 0 Å². The van der Waals surface area contributed by atoms with Crippen LogP contribution >= 0.6 is 8.25 Å². The lowest BCUT2D eigenvalue weighted by atomic mass is 10.3. The zero-order valence-electron chi connectivity index (χ0n) is 7.07. The Balaban J connectivity index is 0. The number of hydrogen-bond acceptors (Lipinski definition) is 3. The molecule has 0 aromatic rings. The summed E-state index contributed by atoms with van der Waals surface area (Å²) in [5.74, 6) is -0.0903. The van der Waals surface area contributed by atoms with Crippen LogP contribution in [-0.4, -0.2) is 28.3 Å². The molecule has 74 valence electrons. The summed E-state index contributed by atoms with van der Waals surface area (Å²) >= 11 is 0. The van der Waals surface area contributed by atoms with E-state index >= 15 is 0 Å². The maximum Gasteiger partial charge on any atom is 0.314 e. The smallest absolute Gasteiger partial charge is 0.314 e. The van der Waals surface area contributed by atoms with Gasteiger partial charge >= 0.3 is 8.25 Å². The third kappa shape index (κ3) is 16.3. The van der Waals surface area contributed by atoms with Crippen LogP contribution in [0, 0.1) is 0 Å². The van der Waals surface area contributed by atoms with Gasteiger partial charge in [-0.2, -0.15) is 0 Å². The van der Waals surface area contributed by atoms with E-state index < -0.39 is 8.25 Å². The van der Waals surface area contributed by atoms with Crippen LogP contribution in [0.25, 0.3) is 0 Å². The summed E-state index contributed by atoms with van der Waals surface area (Å²) < 4.78 is 8.74. The van der Waals surface area contributed by atoms with Gasteiger partial charge in [0.1, 0.15) is 0 Å². The molecule has 7 heteroatoms. The van der Waals surface area contributed by atoms with Crippen molar-refractivity contribution < 1.29 is 19.1 Å². The molecule has 0 saturated carbocycles. The van der Waals surface area contributed by atoms with Crippen LogP contribution < -0.4 is 11.1 Å². The van der Waals surface area contributed by atoms with Crippen LogP contribution in [0.2, 0.25) is 0 Å². The van der Waals surface area contributed by atoms with Crippen molar-refractivity contribution in [3.05, 3.63) is 0 Å². The summed E-state index contributed by atoms with van der Waals surface area (Å²) in [6.45, 7) is 4.17. The second-order valence-electron chi connectivity index (χ2n) is 1.97. The largest absolute Gasteiger partial charge is 0.355 e. The van der Waals surface area contributed by atoms with E-state index in [9.17, 15) is 4.79 Å². The van der Waals surface area contributed by atoms with Gasteiger partial charge in [0.25, 0.3) is 0 Å². The number of rotatable bonds is 2. The highest BCUT2D eigenvalue weighted by molar-refractivity contribution is 7.30. The van der Waals surface area contributed by atoms with E-state index in [4.69, 9.17) is 20.1 Å². The molecule has 0 aliphatic heterocycles. The Morgan fingerprint density at radius 1 is 1.67 bits per heavy atom. The SMILES string of the molecule is CCNC(=O)[C@H](C)N.O=[PH](O)O. The monoisotopic (exact) mass is 198 g/mol. The Morgan fingerprint density at radius 3 is 2.08 bits per heavy atom. The first kappa shape index (κ1) is 14.1. The quantitative estimate of drug-likeness (QED) is 0.417. The van der Waals surface area contributed by atoms with Crippen molar-refractivity contribution >= 4 is 14.2 Å². The Hall–Kier alpha value is -0.420. The number of nitrogens with one attached hydrogen (secondary N) is 1. The fraction of sp³-hybridized carbons (Fsp3) is 0.800. The predicted octanol–water partition coefficient (Wildman–Crippen LogP) is -1.17. The maximum absolute atomic E-state index is 10.5. The molecule has 0 bridgehead atoms. The minimum absolute atomic E-state index is 0.0903. The van der Waals surface area contributed by atoms with Crippen LogP contribution in [0.3, 0.4) is 0 Å². The van der Waals surface area contributed by atoms with E-state index in [1.54, 1.807) is 6.92 Å². The minimum Gasteiger partial charge on any atom is -0.355 e. The van der Waals surface area contributed by atoms with E-state index in [2.05, 4.69) is 5.32 Å². The fourth-order valence-electron chi connectivity index (χ4n) is 0.335. The molecule has 0 spiro atoms. The lowest BCUT2D eigenvalue weighted by molar-refractivity contribution is -0.121. The summed E-state index contributed by atoms with van der Waals surface area (Å²) in [5.41, 5.74) is 5.21. The number of hydrogen-bond donors (Lipinski definition) is 4. The molecule has 1 atom stereocenters. The van der Waals surface area contributed by atoms with Crippen LogP contribution in [0.5, 0.6) is 0 Å². The molecule has 12 heavy (non-hydrogen) atoms. The molecule has 5 N–H and O–H groups in total. The summed E-state index contributed by atoms with van der Waals surface area (Å²) in [6.07, 6.45) is 0. The number of carbonyl (C=O) groups excluding carboxylic acids is 1. The number of likely N-dealkylation sites (N-methyl/N-ethyl adjacent to an activating group) is 1. The number of nitrogens with two attached hydrogens (primary N) is 1. The predicted molar refractivity (Wildman–Crippen MR) is 45.8 cm³/mol. The molecule has 0 aromatic heterocycles. The van der Waals surface area contributed by atoms with Gasteiger partial charge < -0.3 is 20.8 Å². The molecular weight excluding hydrogens is 183 g/mol. The van der Waals surface area contributed by atoms with Crippen molar-refractivity contribution in [2.24, 2.45) is 5.73 Å². The van der Waals surface area contributed by atoms with Gasteiger partial charge in [0.15, 0.2) is 0 Å². The number of amides is 1. The molecule has 0 rings (SSSR count). The van der Waals surface area contributed by atoms with Crippen LogP contribution in [-0.2, 0) is 9.36 Å². The van der Waals surface area contributed by atoms with Crippen molar-refractivity contribution in [1.82, 2.24) is 5.32 Å². The first-order valence-corrected chi connectivity index (χ1v) is 4.67. The maximum atomic E-state index is 10.5. The molecular formula is C5H15N2O4P. The molecule has 0 fully saturated rings. The Labute approximate surface area is 71.7 Å². The molecule has 0 unspecified atom stereocenters. The normalized spacial score (nSPS) is 11.5. The van der Waals surface area contributed by atoms with Gasteiger partial charge in [-0.1, -0.05) is 0 Å². The first-order chi connectivity index (χ1) is 5.41.